The van der Waals surface area contributed by atoms with Crippen LogP contribution in [0.25, 0.3) is 10.9 Å². The van der Waals surface area contributed by atoms with Gasteiger partial charge in [0, 0.05) is 4.47 Å². The third-order valence-electron chi connectivity index (χ3n) is 2.48. The number of phosphoric acid groups is 1. The SMILES string of the molecule is O=P12Oc3c(n(c4ccc(Br)c(Cl)c34)O1)O2. The van der Waals surface area contributed by atoms with Crippen molar-refractivity contribution in [2.75, 3.05) is 0 Å². The Balaban J connectivity index is 2.26. The van der Waals surface area contributed by atoms with E-state index in [1.807, 2.05) is 0 Å². The minimum atomic E-state index is -3.47. The monoisotopic (exact) mass is 321 g/mol. The summed E-state index contributed by atoms with van der Waals surface area (Å²) in [5, 5.41) is 1.12. The molecule has 0 radical (unpaired) electrons. The van der Waals surface area contributed by atoms with E-state index < -0.39 is 7.82 Å². The molecule has 0 spiro atoms. The van der Waals surface area contributed by atoms with Gasteiger partial charge in [-0.15, -0.1) is 4.73 Å². The van der Waals surface area contributed by atoms with Gasteiger partial charge in [0.2, 0.25) is 5.75 Å². The summed E-state index contributed by atoms with van der Waals surface area (Å²) in [5.41, 5.74) is 0.674. The largest absolute Gasteiger partial charge is 0.668 e. The van der Waals surface area contributed by atoms with E-state index in [1.54, 1.807) is 12.1 Å². The fourth-order valence-electron chi connectivity index (χ4n) is 1.85. The molecule has 2 bridgehead atoms. The molecule has 1 aromatic carbocycles. The lowest BCUT2D eigenvalue weighted by Crippen LogP contribution is -2.04. The molecule has 16 heavy (non-hydrogen) atoms. The van der Waals surface area contributed by atoms with Crippen LogP contribution in [0.5, 0.6) is 11.6 Å². The van der Waals surface area contributed by atoms with Crippen LogP contribution in [0, 0.1) is 0 Å². The van der Waals surface area contributed by atoms with Gasteiger partial charge in [-0.1, -0.05) is 11.6 Å². The highest BCUT2D eigenvalue weighted by molar-refractivity contribution is 9.10. The van der Waals surface area contributed by atoms with Gasteiger partial charge in [0.05, 0.1) is 15.9 Å². The van der Waals surface area contributed by atoms with Gasteiger partial charge in [-0.2, -0.15) is 4.57 Å². The van der Waals surface area contributed by atoms with Crippen molar-refractivity contribution in [3.05, 3.63) is 21.6 Å². The molecule has 8 heteroatoms. The Morgan fingerprint density at radius 2 is 2.19 bits per heavy atom. The van der Waals surface area contributed by atoms with Crippen molar-refractivity contribution >= 4 is 46.3 Å². The second-order valence-electron chi connectivity index (χ2n) is 3.40. The van der Waals surface area contributed by atoms with Crippen LogP contribution in [0.2, 0.25) is 5.02 Å². The lowest BCUT2D eigenvalue weighted by Gasteiger charge is -2.03. The molecule has 0 aliphatic carbocycles. The average molecular weight is 322 g/mol. The zero-order valence-electron chi connectivity index (χ0n) is 7.44. The Morgan fingerprint density at radius 1 is 1.38 bits per heavy atom. The van der Waals surface area contributed by atoms with Gasteiger partial charge < -0.3 is 9.05 Å². The van der Waals surface area contributed by atoms with Crippen LogP contribution in [0.1, 0.15) is 0 Å². The fourth-order valence-corrected chi connectivity index (χ4v) is 3.65. The summed E-state index contributed by atoms with van der Waals surface area (Å²) < 4.78 is 29.1. The Bertz CT molecular complexity index is 712. The second kappa shape index (κ2) is 2.53. The first-order valence-electron chi connectivity index (χ1n) is 4.31. The minimum absolute atomic E-state index is 0.318. The maximum atomic E-state index is 11.7. The zero-order chi connectivity index (χ0) is 11.1. The summed E-state index contributed by atoms with van der Waals surface area (Å²) in [4.78, 5) is 0. The first kappa shape index (κ1) is 9.22. The van der Waals surface area contributed by atoms with Gasteiger partial charge in [-0.3, -0.25) is 4.62 Å². The predicted molar refractivity (Wildman–Crippen MR) is 60.1 cm³/mol. The van der Waals surface area contributed by atoms with Crippen molar-refractivity contribution in [3.8, 4) is 11.6 Å². The fraction of sp³-hybridized carbons (Fsp3) is 0. The third-order valence-corrected chi connectivity index (χ3v) is 4.93. The number of rotatable bonds is 0. The highest BCUT2D eigenvalue weighted by Crippen LogP contribution is 2.66. The summed E-state index contributed by atoms with van der Waals surface area (Å²) in [5.74, 6) is 0.703. The molecule has 5 nitrogen and oxygen atoms in total. The quantitative estimate of drug-likeness (QED) is 0.698. The van der Waals surface area contributed by atoms with Gasteiger partial charge in [-0.25, -0.2) is 0 Å². The Hall–Kier alpha value is -0.840. The molecular formula is C8H2BrClNO4P. The van der Waals surface area contributed by atoms with Crippen LogP contribution in [-0.4, -0.2) is 4.73 Å². The lowest BCUT2D eigenvalue weighted by atomic mass is 10.2. The number of benzene rings is 1. The van der Waals surface area contributed by atoms with Crippen LogP contribution >= 0.6 is 35.4 Å². The van der Waals surface area contributed by atoms with Gasteiger partial charge in [-0.05, 0) is 28.1 Å². The summed E-state index contributed by atoms with van der Waals surface area (Å²) in [6.07, 6.45) is 0. The molecule has 1 atom stereocenters. The standard InChI is InChI=1S/C8H2BrClNO4P/c9-3-1-2-4-5(6(3)10)7-8-11(4)15-16(12,13-7)14-8/h1-2H. The van der Waals surface area contributed by atoms with Crippen molar-refractivity contribution < 1.29 is 18.2 Å². The maximum Gasteiger partial charge on any atom is 0.668 e. The summed E-state index contributed by atoms with van der Waals surface area (Å²) in [6, 6.07) is 3.56. The van der Waals surface area contributed by atoms with Gasteiger partial charge in [0.25, 0.3) is 5.88 Å². The minimum Gasteiger partial charge on any atom is -0.378 e. The van der Waals surface area contributed by atoms with Crippen molar-refractivity contribution in [3.63, 3.8) is 0 Å². The molecule has 0 amide bonds. The normalized spacial score (nSPS) is 24.4. The number of fused-ring (bicyclic) bond motifs is 4. The number of hydrogen-bond acceptors (Lipinski definition) is 4. The molecule has 0 saturated heterocycles. The van der Waals surface area contributed by atoms with Gasteiger partial charge in [0.1, 0.15) is 0 Å². The van der Waals surface area contributed by atoms with Gasteiger partial charge in [0.15, 0.2) is 0 Å². The third kappa shape index (κ3) is 0.875. The van der Waals surface area contributed by atoms with Crippen LogP contribution in [-0.2, 0) is 4.57 Å². The topological polar surface area (TPSA) is 49.7 Å². The molecule has 2 aliphatic rings. The van der Waals surface area contributed by atoms with E-state index in [9.17, 15) is 4.57 Å². The van der Waals surface area contributed by atoms with Crippen LogP contribution in [0.15, 0.2) is 16.6 Å². The van der Waals surface area contributed by atoms with E-state index in [1.165, 1.54) is 4.73 Å². The van der Waals surface area contributed by atoms with Crippen molar-refractivity contribution in [2.24, 2.45) is 0 Å². The number of phosphoric ester groups is 1. The maximum absolute atomic E-state index is 11.7. The molecule has 3 heterocycles. The van der Waals surface area contributed by atoms with E-state index in [4.69, 9.17) is 25.3 Å². The van der Waals surface area contributed by atoms with Gasteiger partial charge >= 0.3 is 7.82 Å². The molecule has 0 fully saturated rings. The zero-order valence-corrected chi connectivity index (χ0v) is 10.7. The number of aromatic nitrogens is 1. The highest BCUT2D eigenvalue weighted by Gasteiger charge is 2.53. The summed E-state index contributed by atoms with van der Waals surface area (Å²) in [7, 11) is -3.47. The highest BCUT2D eigenvalue weighted by atomic mass is 79.9. The number of hydrogen-bond donors (Lipinski definition) is 0. The molecule has 1 unspecified atom stereocenters. The molecule has 0 saturated carbocycles. The van der Waals surface area contributed by atoms with Crippen LogP contribution < -0.4 is 13.7 Å². The first-order chi connectivity index (χ1) is 7.59. The number of nitrogens with zero attached hydrogens (tertiary/aromatic N) is 1. The summed E-state index contributed by atoms with van der Waals surface area (Å²) >= 11 is 9.46. The van der Waals surface area contributed by atoms with Crippen molar-refractivity contribution in [1.29, 1.82) is 0 Å². The summed E-state index contributed by atoms with van der Waals surface area (Å²) in [6.45, 7) is 0. The molecule has 1 aromatic heterocycles. The first-order valence-corrected chi connectivity index (χ1v) is 6.94. The molecule has 2 aromatic rings. The predicted octanol–water partition coefficient (Wildman–Crippen LogP) is 3.38. The average Bonchev–Trinajstić information content (AvgIpc) is 2.77. The second-order valence-corrected chi connectivity index (χ2v) is 6.05. The van der Waals surface area contributed by atoms with E-state index >= 15 is 0 Å². The van der Waals surface area contributed by atoms with Crippen molar-refractivity contribution in [2.45, 2.75) is 0 Å². The molecule has 82 valence electrons. The smallest absolute Gasteiger partial charge is 0.378 e. The van der Waals surface area contributed by atoms with E-state index in [2.05, 4.69) is 15.9 Å². The molecule has 0 N–H and O–H groups in total. The van der Waals surface area contributed by atoms with E-state index in [0.717, 1.165) is 4.47 Å². The Kier molecular flexibility index (Phi) is 1.45. The Morgan fingerprint density at radius 3 is 2.94 bits per heavy atom. The Labute approximate surface area is 103 Å². The van der Waals surface area contributed by atoms with Crippen LogP contribution in [0.4, 0.5) is 0 Å². The number of halogens is 2. The van der Waals surface area contributed by atoms with Crippen molar-refractivity contribution in [1.82, 2.24) is 4.73 Å². The molecule has 2 aliphatic heterocycles. The molecule has 4 rings (SSSR count). The van der Waals surface area contributed by atoms with E-state index in [0.29, 0.717) is 27.6 Å². The van der Waals surface area contributed by atoms with Crippen LogP contribution in [0.3, 0.4) is 0 Å². The lowest BCUT2D eigenvalue weighted by molar-refractivity contribution is 0.252. The molecular weight excluding hydrogens is 320 g/mol. The van der Waals surface area contributed by atoms with E-state index in [-0.39, 0.29) is 0 Å².